The Kier molecular flexibility index (Phi) is 7.06. The summed E-state index contributed by atoms with van der Waals surface area (Å²) in [5, 5.41) is 9.20. The van der Waals surface area contributed by atoms with Crippen LogP contribution in [-0.4, -0.2) is 52.3 Å². The summed E-state index contributed by atoms with van der Waals surface area (Å²) < 4.78 is 4.90. The van der Waals surface area contributed by atoms with Crippen LogP contribution >= 0.6 is 0 Å². The highest BCUT2D eigenvalue weighted by Gasteiger charge is 2.38. The van der Waals surface area contributed by atoms with Gasteiger partial charge in [-0.3, -0.25) is 9.79 Å². The second kappa shape index (κ2) is 9.27. The molecule has 6 nitrogen and oxygen atoms in total. The van der Waals surface area contributed by atoms with Crippen LogP contribution < -0.4 is 16.0 Å². The van der Waals surface area contributed by atoms with E-state index in [1.54, 1.807) is 14.2 Å². The average molecular weight is 332 g/mol. The monoisotopic (exact) mass is 332 g/mol. The Labute approximate surface area is 144 Å². The molecular weight excluding hydrogens is 304 g/mol. The van der Waals surface area contributed by atoms with Crippen molar-refractivity contribution in [3.05, 3.63) is 35.9 Å². The number of rotatable bonds is 8. The molecule has 0 heterocycles. The molecule has 24 heavy (non-hydrogen) atoms. The predicted octanol–water partition coefficient (Wildman–Crippen LogP) is 1.04. The minimum absolute atomic E-state index is 0.0728. The van der Waals surface area contributed by atoms with Gasteiger partial charge in [0.15, 0.2) is 5.96 Å². The van der Waals surface area contributed by atoms with Crippen molar-refractivity contribution in [3.8, 4) is 0 Å². The number of guanidine groups is 1. The van der Waals surface area contributed by atoms with Crippen molar-refractivity contribution in [1.82, 2.24) is 16.0 Å². The highest BCUT2D eigenvalue weighted by atomic mass is 16.5. The number of amides is 1. The lowest BCUT2D eigenvalue weighted by Gasteiger charge is -2.43. The molecule has 6 heteroatoms. The summed E-state index contributed by atoms with van der Waals surface area (Å²) in [4.78, 5) is 15.9. The van der Waals surface area contributed by atoms with Crippen molar-refractivity contribution in [2.75, 3.05) is 40.4 Å². The number of methoxy groups -OCH3 is 1. The molecule has 2 rings (SSSR count). The van der Waals surface area contributed by atoms with Gasteiger partial charge in [-0.1, -0.05) is 36.8 Å². The van der Waals surface area contributed by atoms with E-state index in [-0.39, 0.29) is 17.9 Å². The summed E-state index contributed by atoms with van der Waals surface area (Å²) in [6.45, 7) is 2.04. The van der Waals surface area contributed by atoms with E-state index in [0.29, 0.717) is 19.1 Å². The normalized spacial score (nSPS) is 16.2. The first-order valence-electron chi connectivity index (χ1n) is 8.46. The highest BCUT2D eigenvalue weighted by Crippen LogP contribution is 2.43. The molecule has 0 atom stereocenters. The first-order chi connectivity index (χ1) is 11.7. The molecule has 1 aromatic carbocycles. The molecule has 1 aliphatic rings. The second-order valence-corrected chi connectivity index (χ2v) is 6.12. The molecule has 1 aliphatic carbocycles. The van der Waals surface area contributed by atoms with Crippen LogP contribution in [0.2, 0.25) is 0 Å². The lowest BCUT2D eigenvalue weighted by molar-refractivity contribution is -0.120. The van der Waals surface area contributed by atoms with Crippen LogP contribution in [0.1, 0.15) is 24.8 Å². The van der Waals surface area contributed by atoms with E-state index in [9.17, 15) is 4.79 Å². The van der Waals surface area contributed by atoms with Gasteiger partial charge in [0, 0.05) is 32.7 Å². The first-order valence-corrected chi connectivity index (χ1v) is 8.46. The Morgan fingerprint density at radius 1 is 1.21 bits per heavy atom. The highest BCUT2D eigenvalue weighted by molar-refractivity contribution is 5.86. The van der Waals surface area contributed by atoms with Crippen LogP contribution in [0.25, 0.3) is 0 Å². The third-order valence-corrected chi connectivity index (χ3v) is 4.56. The fourth-order valence-corrected chi connectivity index (χ4v) is 2.96. The quantitative estimate of drug-likeness (QED) is 0.378. The fourth-order valence-electron chi connectivity index (χ4n) is 2.96. The molecule has 0 spiro atoms. The molecule has 0 saturated heterocycles. The van der Waals surface area contributed by atoms with Crippen LogP contribution in [0, 0.1) is 0 Å². The Balaban J connectivity index is 1.80. The Hall–Kier alpha value is -2.08. The Morgan fingerprint density at radius 3 is 2.54 bits per heavy atom. The van der Waals surface area contributed by atoms with E-state index in [2.05, 4.69) is 45.2 Å². The van der Waals surface area contributed by atoms with Gasteiger partial charge in [-0.15, -0.1) is 0 Å². The maximum atomic E-state index is 11.7. The van der Waals surface area contributed by atoms with Gasteiger partial charge in [-0.2, -0.15) is 0 Å². The van der Waals surface area contributed by atoms with E-state index < -0.39 is 0 Å². The topological polar surface area (TPSA) is 74.8 Å². The lowest BCUT2D eigenvalue weighted by atomic mass is 9.64. The number of nitrogens with zero attached hydrogens (tertiary/aromatic N) is 1. The van der Waals surface area contributed by atoms with Crippen molar-refractivity contribution in [3.63, 3.8) is 0 Å². The van der Waals surface area contributed by atoms with Crippen molar-refractivity contribution in [2.24, 2.45) is 4.99 Å². The smallest absolute Gasteiger partial charge is 0.239 e. The predicted molar refractivity (Wildman–Crippen MR) is 96.2 cm³/mol. The summed E-state index contributed by atoms with van der Waals surface area (Å²) in [7, 11) is 3.33. The van der Waals surface area contributed by atoms with Crippen molar-refractivity contribution >= 4 is 11.9 Å². The van der Waals surface area contributed by atoms with E-state index in [1.807, 2.05) is 6.07 Å². The molecule has 0 radical (unpaired) electrons. The third-order valence-electron chi connectivity index (χ3n) is 4.56. The standard InChI is InChI=1S/C18H28N4O2/c1-19-17(21-13-16(23)20-11-12-24-2)22-14-18(9-6-10-18)15-7-4-3-5-8-15/h3-5,7-8H,6,9-14H2,1-2H3,(H,20,23)(H2,19,21,22). The largest absolute Gasteiger partial charge is 0.383 e. The number of aliphatic imine (C=N–C) groups is 1. The zero-order valence-electron chi connectivity index (χ0n) is 14.6. The molecule has 1 saturated carbocycles. The van der Waals surface area contributed by atoms with Gasteiger partial charge in [0.05, 0.1) is 13.2 Å². The van der Waals surface area contributed by atoms with E-state index in [0.717, 1.165) is 6.54 Å². The van der Waals surface area contributed by atoms with Crippen molar-refractivity contribution < 1.29 is 9.53 Å². The van der Waals surface area contributed by atoms with Gasteiger partial charge in [0.1, 0.15) is 0 Å². The number of ether oxygens (including phenoxy) is 1. The number of hydrogen-bond acceptors (Lipinski definition) is 3. The minimum Gasteiger partial charge on any atom is -0.383 e. The molecule has 3 N–H and O–H groups in total. The SMILES string of the molecule is CN=C(NCC(=O)NCCOC)NCC1(c2ccccc2)CCC1. The molecular formula is C18H28N4O2. The van der Waals surface area contributed by atoms with E-state index in [4.69, 9.17) is 4.74 Å². The maximum Gasteiger partial charge on any atom is 0.239 e. The van der Waals surface area contributed by atoms with E-state index in [1.165, 1.54) is 24.8 Å². The molecule has 1 amide bonds. The van der Waals surface area contributed by atoms with Gasteiger partial charge in [-0.25, -0.2) is 0 Å². The first kappa shape index (κ1) is 18.3. The second-order valence-electron chi connectivity index (χ2n) is 6.12. The fraction of sp³-hybridized carbons (Fsp3) is 0.556. The van der Waals surface area contributed by atoms with Crippen LogP contribution in [0.3, 0.4) is 0 Å². The molecule has 132 valence electrons. The van der Waals surface area contributed by atoms with E-state index >= 15 is 0 Å². The van der Waals surface area contributed by atoms with Gasteiger partial charge >= 0.3 is 0 Å². The van der Waals surface area contributed by atoms with Gasteiger partial charge in [-0.05, 0) is 18.4 Å². The number of carbonyl (C=O) groups is 1. The maximum absolute atomic E-state index is 11.7. The lowest BCUT2D eigenvalue weighted by Crippen LogP contribution is -2.50. The minimum atomic E-state index is -0.0728. The summed E-state index contributed by atoms with van der Waals surface area (Å²) in [6, 6.07) is 10.6. The Bertz CT molecular complexity index is 541. The van der Waals surface area contributed by atoms with Gasteiger partial charge in [0.2, 0.25) is 5.91 Å². The number of carbonyl (C=O) groups excluding carboxylic acids is 1. The molecule has 1 aromatic rings. The zero-order chi connectivity index (χ0) is 17.3. The molecule has 0 aliphatic heterocycles. The number of nitrogens with one attached hydrogen (secondary N) is 3. The average Bonchev–Trinajstić information content (AvgIpc) is 2.57. The zero-order valence-corrected chi connectivity index (χ0v) is 14.6. The van der Waals surface area contributed by atoms with Gasteiger partial charge < -0.3 is 20.7 Å². The number of hydrogen-bond donors (Lipinski definition) is 3. The third kappa shape index (κ3) is 4.96. The summed E-state index contributed by atoms with van der Waals surface area (Å²) in [5.41, 5.74) is 1.55. The summed E-state index contributed by atoms with van der Waals surface area (Å²) in [5.74, 6) is 0.579. The van der Waals surface area contributed by atoms with Crippen LogP contribution in [0.5, 0.6) is 0 Å². The molecule has 0 unspecified atom stereocenters. The molecule has 1 fully saturated rings. The molecule has 0 bridgehead atoms. The van der Waals surface area contributed by atoms with Crippen LogP contribution in [0.4, 0.5) is 0 Å². The Morgan fingerprint density at radius 2 is 1.96 bits per heavy atom. The van der Waals surface area contributed by atoms with Crippen molar-refractivity contribution in [1.29, 1.82) is 0 Å². The van der Waals surface area contributed by atoms with Crippen LogP contribution in [0.15, 0.2) is 35.3 Å². The number of benzene rings is 1. The summed E-state index contributed by atoms with van der Waals surface area (Å²) in [6.07, 6.45) is 3.61. The van der Waals surface area contributed by atoms with Crippen molar-refractivity contribution in [2.45, 2.75) is 24.7 Å². The molecule has 0 aromatic heterocycles. The van der Waals surface area contributed by atoms with Gasteiger partial charge in [0.25, 0.3) is 0 Å². The summed E-state index contributed by atoms with van der Waals surface area (Å²) >= 11 is 0. The van der Waals surface area contributed by atoms with Crippen LogP contribution in [-0.2, 0) is 14.9 Å².